The Morgan fingerprint density at radius 3 is 2.48 bits per heavy atom. The van der Waals surface area contributed by atoms with Crippen molar-refractivity contribution in [1.82, 2.24) is 10.3 Å². The van der Waals surface area contributed by atoms with Crippen LogP contribution in [0.15, 0.2) is 12.1 Å². The summed E-state index contributed by atoms with van der Waals surface area (Å²) < 4.78 is 38.3. The number of hydrogen-bond acceptors (Lipinski definition) is 4. The Kier molecular flexibility index (Phi) is 5.36. The fourth-order valence-corrected chi connectivity index (χ4v) is 3.47. The second-order valence-corrected chi connectivity index (χ2v) is 7.10. The first-order valence-corrected chi connectivity index (χ1v) is 8.33. The lowest BCUT2D eigenvalue weighted by molar-refractivity contribution is -0.141. The van der Waals surface area contributed by atoms with Crippen LogP contribution in [0.4, 0.5) is 13.2 Å². The van der Waals surface area contributed by atoms with E-state index < -0.39 is 29.8 Å². The number of thiophene rings is 1. The second-order valence-electron chi connectivity index (χ2n) is 6.10. The van der Waals surface area contributed by atoms with Crippen molar-refractivity contribution in [3.8, 4) is 0 Å². The van der Waals surface area contributed by atoms with Crippen LogP contribution in [0.3, 0.4) is 0 Å². The minimum Gasteiger partial charge on any atom is -0.480 e. The second kappa shape index (κ2) is 6.99. The van der Waals surface area contributed by atoms with Gasteiger partial charge in [0.05, 0.1) is 4.88 Å². The van der Waals surface area contributed by atoms with Gasteiger partial charge in [0, 0.05) is 5.39 Å². The van der Waals surface area contributed by atoms with E-state index in [9.17, 15) is 27.9 Å². The molecule has 0 saturated heterocycles. The number of halogens is 3. The van der Waals surface area contributed by atoms with Crippen molar-refractivity contribution in [3.05, 3.63) is 28.3 Å². The lowest BCUT2D eigenvalue weighted by atomic mass is 10.0. The standard InChI is InChI=1S/C16H17F3N2O3S/c1-7(2)6-10(15(23)24)20-13(22)12-8(3)9-4-5-11(16(17,18)19)21-14(9)25-12/h4-5,7,10H,6H2,1-3H3,(H,20,22)(H,23,24)/t10-/m0/s1. The van der Waals surface area contributed by atoms with E-state index in [-0.39, 0.29) is 22.0 Å². The van der Waals surface area contributed by atoms with Crippen molar-refractivity contribution in [1.29, 1.82) is 0 Å². The SMILES string of the molecule is Cc1c(C(=O)N[C@@H](CC(C)C)C(=O)O)sc2nc(C(F)(F)F)ccc12. The molecule has 0 fully saturated rings. The van der Waals surface area contributed by atoms with E-state index in [1.807, 2.05) is 13.8 Å². The number of nitrogens with one attached hydrogen (secondary N) is 1. The molecule has 2 heterocycles. The summed E-state index contributed by atoms with van der Waals surface area (Å²) in [4.78, 5) is 27.5. The predicted molar refractivity (Wildman–Crippen MR) is 87.7 cm³/mol. The van der Waals surface area contributed by atoms with Gasteiger partial charge in [0.1, 0.15) is 16.6 Å². The molecule has 0 aromatic carbocycles. The van der Waals surface area contributed by atoms with Gasteiger partial charge in [0.25, 0.3) is 5.91 Å². The van der Waals surface area contributed by atoms with Gasteiger partial charge in [-0.15, -0.1) is 11.3 Å². The maximum atomic E-state index is 12.8. The third kappa shape index (κ3) is 4.28. The van der Waals surface area contributed by atoms with Gasteiger partial charge in [-0.1, -0.05) is 13.8 Å². The molecule has 2 N–H and O–H groups in total. The molecule has 9 heteroatoms. The van der Waals surface area contributed by atoms with Crippen molar-refractivity contribution in [3.63, 3.8) is 0 Å². The summed E-state index contributed by atoms with van der Waals surface area (Å²) in [6.07, 6.45) is -4.32. The van der Waals surface area contributed by atoms with E-state index >= 15 is 0 Å². The summed E-state index contributed by atoms with van der Waals surface area (Å²) in [6.45, 7) is 5.26. The quantitative estimate of drug-likeness (QED) is 0.833. The summed E-state index contributed by atoms with van der Waals surface area (Å²) in [7, 11) is 0. The highest BCUT2D eigenvalue weighted by molar-refractivity contribution is 7.20. The van der Waals surface area contributed by atoms with Crippen LogP contribution in [-0.2, 0) is 11.0 Å². The molecule has 2 aromatic rings. The normalized spacial score (nSPS) is 13.2. The smallest absolute Gasteiger partial charge is 0.433 e. The Morgan fingerprint density at radius 2 is 1.96 bits per heavy atom. The number of alkyl halides is 3. The lowest BCUT2D eigenvalue weighted by Crippen LogP contribution is -2.41. The number of aromatic nitrogens is 1. The van der Waals surface area contributed by atoms with Crippen molar-refractivity contribution < 1.29 is 27.9 Å². The average molecular weight is 374 g/mol. The number of carboxylic acids is 1. The Hall–Kier alpha value is -2.16. The van der Waals surface area contributed by atoms with Crippen LogP contribution < -0.4 is 5.32 Å². The molecule has 0 bridgehead atoms. The highest BCUT2D eigenvalue weighted by Gasteiger charge is 2.33. The number of fused-ring (bicyclic) bond motifs is 1. The third-order valence-electron chi connectivity index (χ3n) is 3.61. The molecule has 0 aliphatic rings. The van der Waals surface area contributed by atoms with Crippen molar-refractivity contribution in [2.45, 2.75) is 39.4 Å². The number of aryl methyl sites for hydroxylation is 1. The molecule has 0 radical (unpaired) electrons. The number of pyridine rings is 1. The lowest BCUT2D eigenvalue weighted by Gasteiger charge is -2.16. The highest BCUT2D eigenvalue weighted by Crippen LogP contribution is 2.34. The molecule has 136 valence electrons. The minimum absolute atomic E-state index is 0.0564. The van der Waals surface area contributed by atoms with Crippen LogP contribution in [0, 0.1) is 12.8 Å². The molecule has 0 unspecified atom stereocenters. The molecule has 0 aliphatic carbocycles. The molecule has 5 nitrogen and oxygen atoms in total. The van der Waals surface area contributed by atoms with E-state index in [0.29, 0.717) is 10.9 Å². The summed E-state index contributed by atoms with van der Waals surface area (Å²) in [5.74, 6) is -1.72. The maximum absolute atomic E-state index is 12.8. The number of aliphatic carboxylic acids is 1. The van der Waals surface area contributed by atoms with Gasteiger partial charge >= 0.3 is 12.1 Å². The molecule has 1 atom stereocenters. The first-order valence-electron chi connectivity index (χ1n) is 7.51. The third-order valence-corrected chi connectivity index (χ3v) is 4.81. The number of carbonyl (C=O) groups excluding carboxylic acids is 1. The molecule has 0 aliphatic heterocycles. The van der Waals surface area contributed by atoms with Crippen molar-refractivity contribution >= 4 is 33.4 Å². The molecule has 2 rings (SSSR count). The van der Waals surface area contributed by atoms with Gasteiger partial charge in [-0.3, -0.25) is 4.79 Å². The fourth-order valence-electron chi connectivity index (χ4n) is 2.39. The number of hydrogen-bond donors (Lipinski definition) is 2. The van der Waals surface area contributed by atoms with E-state index in [2.05, 4.69) is 10.3 Å². The summed E-state index contributed by atoms with van der Waals surface area (Å²) >= 11 is 0.819. The fraction of sp³-hybridized carbons (Fsp3) is 0.438. The van der Waals surface area contributed by atoms with Crippen LogP contribution >= 0.6 is 11.3 Å². The average Bonchev–Trinajstić information content (AvgIpc) is 2.82. The first kappa shape index (κ1) is 19.2. The summed E-state index contributed by atoms with van der Waals surface area (Å²) in [5.41, 5.74) is -0.552. The minimum atomic E-state index is -4.57. The number of nitrogens with zero attached hydrogens (tertiary/aromatic N) is 1. The van der Waals surface area contributed by atoms with Crippen molar-refractivity contribution in [2.75, 3.05) is 0 Å². The molecule has 25 heavy (non-hydrogen) atoms. The van der Waals surface area contributed by atoms with Gasteiger partial charge in [0.2, 0.25) is 0 Å². The Balaban J connectivity index is 2.35. The monoisotopic (exact) mass is 374 g/mol. The zero-order chi connectivity index (χ0) is 18.9. The number of rotatable bonds is 5. The van der Waals surface area contributed by atoms with Crippen LogP contribution in [0.2, 0.25) is 0 Å². The zero-order valence-electron chi connectivity index (χ0n) is 13.8. The molecule has 2 aromatic heterocycles. The molecular formula is C16H17F3N2O3S. The van der Waals surface area contributed by atoms with E-state index in [1.165, 1.54) is 6.07 Å². The van der Waals surface area contributed by atoms with E-state index in [0.717, 1.165) is 17.4 Å². The Labute approximate surface area is 145 Å². The number of carbonyl (C=O) groups is 2. The van der Waals surface area contributed by atoms with Crippen LogP contribution in [-0.4, -0.2) is 28.0 Å². The van der Waals surface area contributed by atoms with Gasteiger partial charge in [-0.2, -0.15) is 13.2 Å². The summed E-state index contributed by atoms with van der Waals surface area (Å²) in [5, 5.41) is 12.1. The van der Waals surface area contributed by atoms with Gasteiger partial charge in [-0.25, -0.2) is 9.78 Å². The highest BCUT2D eigenvalue weighted by atomic mass is 32.1. The molecule has 1 amide bonds. The molecule has 0 saturated carbocycles. The number of carboxylic acid groups (broad SMARTS) is 1. The van der Waals surface area contributed by atoms with Crippen LogP contribution in [0.5, 0.6) is 0 Å². The molecular weight excluding hydrogens is 357 g/mol. The first-order chi connectivity index (χ1) is 11.5. The summed E-state index contributed by atoms with van der Waals surface area (Å²) in [6, 6.07) is 1.08. The largest absolute Gasteiger partial charge is 0.480 e. The maximum Gasteiger partial charge on any atom is 0.433 e. The number of amides is 1. The molecule has 0 spiro atoms. The predicted octanol–water partition coefficient (Wildman–Crippen LogP) is 3.85. The Bertz CT molecular complexity index is 815. The topological polar surface area (TPSA) is 79.3 Å². The zero-order valence-corrected chi connectivity index (χ0v) is 14.6. The van der Waals surface area contributed by atoms with E-state index in [1.54, 1.807) is 6.92 Å². The Morgan fingerprint density at radius 1 is 1.32 bits per heavy atom. The van der Waals surface area contributed by atoms with Crippen LogP contribution in [0.25, 0.3) is 10.2 Å². The van der Waals surface area contributed by atoms with Gasteiger partial charge in [0.15, 0.2) is 0 Å². The van der Waals surface area contributed by atoms with E-state index in [4.69, 9.17) is 0 Å². The van der Waals surface area contributed by atoms with Gasteiger partial charge in [-0.05, 0) is 37.0 Å². The van der Waals surface area contributed by atoms with Crippen LogP contribution in [0.1, 0.15) is 41.2 Å². The van der Waals surface area contributed by atoms with Gasteiger partial charge < -0.3 is 10.4 Å². The van der Waals surface area contributed by atoms with Crippen molar-refractivity contribution in [2.24, 2.45) is 5.92 Å².